The zero-order chi connectivity index (χ0) is 18.8. The number of carbonyl (C=O) groups is 1. The number of amides is 1. The van der Waals surface area contributed by atoms with E-state index in [9.17, 15) is 9.18 Å². The monoisotopic (exact) mass is 427 g/mol. The third-order valence-electron chi connectivity index (χ3n) is 4.97. The maximum atomic E-state index is 13.9. The Bertz CT molecular complexity index is 986. The van der Waals surface area contributed by atoms with Crippen LogP contribution in [0.1, 0.15) is 23.2 Å². The first kappa shape index (κ1) is 17.9. The predicted molar refractivity (Wildman–Crippen MR) is 108 cm³/mol. The van der Waals surface area contributed by atoms with Gasteiger partial charge in [0.1, 0.15) is 5.82 Å². The molecule has 4 rings (SSSR count). The SMILES string of the molecule is O=C(c1ccccc1F)N1CCC(Nc2ccnc3c(Br)cccc23)CC1. The van der Waals surface area contributed by atoms with Crippen LogP contribution < -0.4 is 5.32 Å². The first-order chi connectivity index (χ1) is 13.1. The number of benzene rings is 2. The van der Waals surface area contributed by atoms with Gasteiger partial charge < -0.3 is 10.2 Å². The summed E-state index contributed by atoms with van der Waals surface area (Å²) < 4.78 is 14.8. The van der Waals surface area contributed by atoms with Gasteiger partial charge in [0.15, 0.2) is 0 Å². The van der Waals surface area contributed by atoms with E-state index < -0.39 is 5.82 Å². The van der Waals surface area contributed by atoms with Crippen molar-refractivity contribution >= 4 is 38.4 Å². The Labute approximate surface area is 165 Å². The summed E-state index contributed by atoms with van der Waals surface area (Å²) in [7, 11) is 0. The number of likely N-dealkylation sites (tertiary alicyclic amines) is 1. The number of rotatable bonds is 3. The third-order valence-corrected chi connectivity index (χ3v) is 5.61. The summed E-state index contributed by atoms with van der Waals surface area (Å²) in [5, 5.41) is 4.66. The van der Waals surface area contributed by atoms with Crippen LogP contribution in [0.3, 0.4) is 0 Å². The van der Waals surface area contributed by atoms with Gasteiger partial charge in [-0.1, -0.05) is 24.3 Å². The molecule has 2 aromatic carbocycles. The van der Waals surface area contributed by atoms with E-state index in [2.05, 4.69) is 26.2 Å². The van der Waals surface area contributed by atoms with Crippen molar-refractivity contribution in [3.63, 3.8) is 0 Å². The van der Waals surface area contributed by atoms with E-state index in [4.69, 9.17) is 0 Å². The van der Waals surface area contributed by atoms with Crippen LogP contribution in [0, 0.1) is 5.82 Å². The number of piperidine rings is 1. The molecule has 0 saturated carbocycles. The van der Waals surface area contributed by atoms with Crippen molar-refractivity contribution in [1.29, 1.82) is 0 Å². The number of aromatic nitrogens is 1. The van der Waals surface area contributed by atoms with Gasteiger partial charge in [-0.15, -0.1) is 0 Å². The van der Waals surface area contributed by atoms with Crippen LogP contribution in [0.25, 0.3) is 10.9 Å². The Hall–Kier alpha value is -2.47. The Morgan fingerprint density at radius 1 is 1.11 bits per heavy atom. The van der Waals surface area contributed by atoms with Gasteiger partial charge in [0.25, 0.3) is 5.91 Å². The molecule has 2 heterocycles. The highest BCUT2D eigenvalue weighted by atomic mass is 79.9. The summed E-state index contributed by atoms with van der Waals surface area (Å²) in [5.41, 5.74) is 2.11. The van der Waals surface area contributed by atoms with Crippen LogP contribution in [0.15, 0.2) is 59.2 Å². The van der Waals surface area contributed by atoms with Crippen LogP contribution in [0.2, 0.25) is 0 Å². The molecule has 0 radical (unpaired) electrons. The number of nitrogens with one attached hydrogen (secondary N) is 1. The molecule has 1 amide bonds. The fourth-order valence-corrected chi connectivity index (χ4v) is 3.99. The van der Waals surface area contributed by atoms with E-state index in [-0.39, 0.29) is 17.5 Å². The number of carbonyl (C=O) groups excluding carboxylic acids is 1. The van der Waals surface area contributed by atoms with Crippen molar-refractivity contribution in [3.8, 4) is 0 Å². The molecule has 1 aromatic heterocycles. The summed E-state index contributed by atoms with van der Waals surface area (Å²) in [6.45, 7) is 1.22. The van der Waals surface area contributed by atoms with Gasteiger partial charge in [0.05, 0.1) is 11.1 Å². The quantitative estimate of drug-likeness (QED) is 0.649. The third kappa shape index (κ3) is 3.67. The van der Waals surface area contributed by atoms with Gasteiger partial charge in [-0.2, -0.15) is 0 Å². The predicted octanol–water partition coefficient (Wildman–Crippen LogP) is 4.85. The van der Waals surface area contributed by atoms with Gasteiger partial charge in [-0.25, -0.2) is 4.39 Å². The first-order valence-corrected chi connectivity index (χ1v) is 9.76. The molecule has 1 saturated heterocycles. The molecule has 1 aliphatic heterocycles. The van der Waals surface area contributed by atoms with Crippen molar-refractivity contribution < 1.29 is 9.18 Å². The van der Waals surface area contributed by atoms with Crippen molar-refractivity contribution in [2.75, 3.05) is 18.4 Å². The van der Waals surface area contributed by atoms with Gasteiger partial charge >= 0.3 is 0 Å². The lowest BCUT2D eigenvalue weighted by molar-refractivity contribution is 0.0714. The molecule has 27 heavy (non-hydrogen) atoms. The molecule has 4 nitrogen and oxygen atoms in total. The highest BCUT2D eigenvalue weighted by molar-refractivity contribution is 9.10. The molecule has 1 aliphatic rings. The van der Waals surface area contributed by atoms with Crippen molar-refractivity contribution in [2.24, 2.45) is 0 Å². The number of para-hydroxylation sites is 1. The number of halogens is 2. The molecule has 0 spiro atoms. The smallest absolute Gasteiger partial charge is 0.256 e. The van der Waals surface area contributed by atoms with E-state index in [1.54, 1.807) is 29.3 Å². The minimum Gasteiger partial charge on any atom is -0.382 e. The Morgan fingerprint density at radius 3 is 2.67 bits per heavy atom. The fourth-order valence-electron chi connectivity index (χ4n) is 3.52. The van der Waals surface area contributed by atoms with E-state index in [0.29, 0.717) is 13.1 Å². The van der Waals surface area contributed by atoms with Gasteiger partial charge in [-0.3, -0.25) is 9.78 Å². The second kappa shape index (κ2) is 7.64. The molecule has 0 aliphatic carbocycles. The second-order valence-corrected chi connectivity index (χ2v) is 7.54. The molecule has 3 aromatic rings. The highest BCUT2D eigenvalue weighted by Gasteiger charge is 2.25. The minimum atomic E-state index is -0.461. The lowest BCUT2D eigenvalue weighted by Crippen LogP contribution is -2.42. The van der Waals surface area contributed by atoms with E-state index >= 15 is 0 Å². The van der Waals surface area contributed by atoms with Crippen molar-refractivity contribution in [3.05, 3.63) is 70.6 Å². The Kier molecular flexibility index (Phi) is 5.07. The molecule has 0 bridgehead atoms. The summed E-state index contributed by atoms with van der Waals surface area (Å²) in [6.07, 6.45) is 3.43. The molecular weight excluding hydrogens is 409 g/mol. The molecular formula is C21H19BrFN3O. The summed E-state index contributed by atoms with van der Waals surface area (Å²) in [4.78, 5) is 18.7. The molecule has 1 N–H and O–H groups in total. The maximum absolute atomic E-state index is 13.9. The maximum Gasteiger partial charge on any atom is 0.256 e. The zero-order valence-electron chi connectivity index (χ0n) is 14.7. The largest absolute Gasteiger partial charge is 0.382 e. The van der Waals surface area contributed by atoms with E-state index in [0.717, 1.165) is 33.9 Å². The molecule has 0 atom stereocenters. The number of fused-ring (bicyclic) bond motifs is 1. The van der Waals surface area contributed by atoms with Gasteiger partial charge in [0, 0.05) is 40.9 Å². The average molecular weight is 428 g/mol. The number of anilines is 1. The van der Waals surface area contributed by atoms with E-state index in [1.165, 1.54) is 6.07 Å². The normalized spacial score (nSPS) is 15.1. The lowest BCUT2D eigenvalue weighted by Gasteiger charge is -2.33. The van der Waals surface area contributed by atoms with Crippen LogP contribution in [0.5, 0.6) is 0 Å². The van der Waals surface area contributed by atoms with Crippen LogP contribution in [-0.2, 0) is 0 Å². The molecule has 0 unspecified atom stereocenters. The summed E-state index contributed by atoms with van der Waals surface area (Å²) >= 11 is 3.54. The Balaban J connectivity index is 1.44. The van der Waals surface area contributed by atoms with E-state index in [1.807, 2.05) is 24.3 Å². The lowest BCUT2D eigenvalue weighted by atomic mass is 10.0. The van der Waals surface area contributed by atoms with Gasteiger partial charge in [0.2, 0.25) is 0 Å². The van der Waals surface area contributed by atoms with Gasteiger partial charge in [-0.05, 0) is 53.0 Å². The van der Waals surface area contributed by atoms with Crippen molar-refractivity contribution in [2.45, 2.75) is 18.9 Å². The van der Waals surface area contributed by atoms with Crippen LogP contribution in [-0.4, -0.2) is 34.9 Å². The fraction of sp³-hybridized carbons (Fsp3) is 0.238. The molecule has 6 heteroatoms. The van der Waals surface area contributed by atoms with Crippen LogP contribution in [0.4, 0.5) is 10.1 Å². The second-order valence-electron chi connectivity index (χ2n) is 6.69. The van der Waals surface area contributed by atoms with Crippen LogP contribution >= 0.6 is 15.9 Å². The standard InChI is InChI=1S/C21H19BrFN3O/c22-17-6-3-5-16-19(8-11-24-20(16)17)25-14-9-12-26(13-10-14)21(27)15-4-1-2-7-18(15)23/h1-8,11,14H,9-10,12-13H2,(H,24,25). The molecule has 138 valence electrons. The number of nitrogens with zero attached hydrogens (tertiary/aromatic N) is 2. The summed E-state index contributed by atoms with van der Waals surface area (Å²) in [6, 6.07) is 14.4. The Morgan fingerprint density at radius 2 is 1.89 bits per heavy atom. The topological polar surface area (TPSA) is 45.2 Å². The average Bonchev–Trinajstić information content (AvgIpc) is 2.69. The van der Waals surface area contributed by atoms with Crippen molar-refractivity contribution in [1.82, 2.24) is 9.88 Å². The summed E-state index contributed by atoms with van der Waals surface area (Å²) in [5.74, 6) is -0.693. The first-order valence-electron chi connectivity index (χ1n) is 8.97. The highest BCUT2D eigenvalue weighted by Crippen LogP contribution is 2.29. The zero-order valence-corrected chi connectivity index (χ0v) is 16.2. The molecule has 1 fully saturated rings. The minimum absolute atomic E-state index is 0.147. The number of hydrogen-bond donors (Lipinski definition) is 1. The number of pyridine rings is 1. The number of hydrogen-bond acceptors (Lipinski definition) is 3.